The quantitative estimate of drug-likeness (QED) is 0.307. The third kappa shape index (κ3) is 4.39. The summed E-state index contributed by atoms with van der Waals surface area (Å²) in [6, 6.07) is 13.7. The topological polar surface area (TPSA) is 87.4 Å². The van der Waals surface area contributed by atoms with Crippen LogP contribution in [0.3, 0.4) is 0 Å². The predicted molar refractivity (Wildman–Crippen MR) is 121 cm³/mol. The van der Waals surface area contributed by atoms with E-state index in [1.807, 2.05) is 26.0 Å². The van der Waals surface area contributed by atoms with Crippen molar-refractivity contribution in [3.05, 3.63) is 77.1 Å². The molecule has 8 heteroatoms. The van der Waals surface area contributed by atoms with Crippen LogP contribution in [0.15, 0.2) is 59.0 Å². The van der Waals surface area contributed by atoms with Gasteiger partial charge in [-0.05, 0) is 85.7 Å². The summed E-state index contributed by atoms with van der Waals surface area (Å²) in [4.78, 5) is 16.7. The number of hydrogen-bond donors (Lipinski definition) is 3. The molecule has 0 fully saturated rings. The number of phenolic OH excluding ortho intramolecular Hbond substituents is 1. The molecule has 3 N–H and O–H groups in total. The fourth-order valence-corrected chi connectivity index (χ4v) is 3.43. The fourth-order valence-electron chi connectivity index (χ4n) is 3.22. The van der Waals surface area contributed by atoms with Gasteiger partial charge in [0.05, 0.1) is 5.56 Å². The van der Waals surface area contributed by atoms with Crippen LogP contribution < -0.4 is 10.6 Å². The Morgan fingerprint density at radius 2 is 1.84 bits per heavy atom. The number of nitrogens with zero attached hydrogens (tertiary/aromatic N) is 1. The SMILES string of the molecule is Cc1cc(C)c2oc(-c3cc(NC(=S)NC(=O)c4ccc(F)cc4)ccc3O)nc2c1. The first-order chi connectivity index (χ1) is 14.8. The Kier molecular flexibility index (Phi) is 5.39. The van der Waals surface area contributed by atoms with Crippen molar-refractivity contribution in [2.45, 2.75) is 13.8 Å². The highest BCUT2D eigenvalue weighted by Crippen LogP contribution is 2.34. The van der Waals surface area contributed by atoms with Crippen molar-refractivity contribution in [1.29, 1.82) is 0 Å². The van der Waals surface area contributed by atoms with Gasteiger partial charge in [-0.1, -0.05) is 6.07 Å². The highest BCUT2D eigenvalue weighted by molar-refractivity contribution is 7.80. The highest BCUT2D eigenvalue weighted by Gasteiger charge is 2.16. The van der Waals surface area contributed by atoms with Gasteiger partial charge in [0.2, 0.25) is 5.89 Å². The third-order valence-corrected chi connectivity index (χ3v) is 4.84. The number of phenols is 1. The van der Waals surface area contributed by atoms with E-state index in [-0.39, 0.29) is 22.3 Å². The molecule has 1 aromatic heterocycles. The Bertz CT molecular complexity index is 1320. The molecule has 31 heavy (non-hydrogen) atoms. The van der Waals surface area contributed by atoms with Gasteiger partial charge in [-0.3, -0.25) is 10.1 Å². The number of anilines is 1. The molecule has 3 aromatic carbocycles. The number of aromatic hydroxyl groups is 1. The van der Waals surface area contributed by atoms with Gasteiger partial charge in [0.1, 0.15) is 17.1 Å². The molecule has 1 heterocycles. The molecule has 0 bridgehead atoms. The molecule has 0 aliphatic carbocycles. The highest BCUT2D eigenvalue weighted by atomic mass is 32.1. The van der Waals surface area contributed by atoms with Gasteiger partial charge >= 0.3 is 0 Å². The van der Waals surface area contributed by atoms with E-state index in [2.05, 4.69) is 15.6 Å². The Labute approximate surface area is 182 Å². The Morgan fingerprint density at radius 3 is 2.58 bits per heavy atom. The first-order valence-electron chi connectivity index (χ1n) is 9.39. The van der Waals surface area contributed by atoms with Crippen LogP contribution in [0.1, 0.15) is 21.5 Å². The summed E-state index contributed by atoms with van der Waals surface area (Å²) < 4.78 is 18.9. The molecular weight excluding hydrogens is 417 g/mol. The minimum absolute atomic E-state index is 0.00672. The van der Waals surface area contributed by atoms with Crippen LogP contribution >= 0.6 is 12.2 Å². The van der Waals surface area contributed by atoms with Crippen LogP contribution in [0.2, 0.25) is 0 Å². The van der Waals surface area contributed by atoms with E-state index >= 15 is 0 Å². The maximum atomic E-state index is 13.0. The van der Waals surface area contributed by atoms with E-state index in [1.54, 1.807) is 12.1 Å². The normalized spacial score (nSPS) is 10.8. The molecule has 0 spiro atoms. The second-order valence-electron chi connectivity index (χ2n) is 7.10. The molecule has 0 saturated carbocycles. The van der Waals surface area contributed by atoms with Crippen molar-refractivity contribution in [3.8, 4) is 17.2 Å². The number of aromatic nitrogens is 1. The average Bonchev–Trinajstić information content (AvgIpc) is 3.14. The summed E-state index contributed by atoms with van der Waals surface area (Å²) in [6.07, 6.45) is 0. The van der Waals surface area contributed by atoms with E-state index in [0.29, 0.717) is 22.4 Å². The minimum Gasteiger partial charge on any atom is -0.507 e. The number of thiocarbonyl (C=S) groups is 1. The first-order valence-corrected chi connectivity index (χ1v) is 9.80. The van der Waals surface area contributed by atoms with Crippen LogP contribution in [-0.4, -0.2) is 21.1 Å². The van der Waals surface area contributed by atoms with E-state index in [1.165, 1.54) is 30.3 Å². The van der Waals surface area contributed by atoms with Crippen LogP contribution in [0.5, 0.6) is 5.75 Å². The number of hydrogen-bond acceptors (Lipinski definition) is 5. The zero-order chi connectivity index (χ0) is 22.1. The summed E-state index contributed by atoms with van der Waals surface area (Å²) >= 11 is 5.20. The molecule has 6 nitrogen and oxygen atoms in total. The van der Waals surface area contributed by atoms with Gasteiger partial charge in [0.25, 0.3) is 5.91 Å². The number of nitrogens with one attached hydrogen (secondary N) is 2. The van der Waals surface area contributed by atoms with Crippen molar-refractivity contribution < 1.29 is 18.7 Å². The lowest BCUT2D eigenvalue weighted by molar-refractivity contribution is 0.0977. The number of benzene rings is 3. The molecule has 0 aliphatic heterocycles. The summed E-state index contributed by atoms with van der Waals surface area (Å²) in [5, 5.41) is 15.8. The molecule has 4 rings (SSSR count). The van der Waals surface area contributed by atoms with Crippen LogP contribution in [0.4, 0.5) is 10.1 Å². The molecule has 156 valence electrons. The molecule has 0 radical (unpaired) electrons. The van der Waals surface area contributed by atoms with Gasteiger partial charge < -0.3 is 14.8 Å². The standard InChI is InChI=1S/C23H18FN3O3S/c1-12-9-13(2)20-18(10-12)26-22(30-20)17-11-16(7-8-19(17)28)25-23(31)27-21(29)14-3-5-15(24)6-4-14/h3-11,28H,1-2H3,(H2,25,27,29,31). The van der Waals surface area contributed by atoms with Crippen molar-refractivity contribution in [2.24, 2.45) is 0 Å². The molecule has 0 unspecified atom stereocenters. The van der Waals surface area contributed by atoms with E-state index in [9.17, 15) is 14.3 Å². The number of fused-ring (bicyclic) bond motifs is 1. The number of oxazole rings is 1. The number of aryl methyl sites for hydroxylation is 2. The molecule has 0 atom stereocenters. The number of halogens is 1. The Hall–Kier alpha value is -3.78. The lowest BCUT2D eigenvalue weighted by Gasteiger charge is -2.11. The lowest BCUT2D eigenvalue weighted by Crippen LogP contribution is -2.34. The fraction of sp³-hybridized carbons (Fsp3) is 0.0870. The van der Waals surface area contributed by atoms with E-state index < -0.39 is 11.7 Å². The van der Waals surface area contributed by atoms with Crippen molar-refractivity contribution in [3.63, 3.8) is 0 Å². The van der Waals surface area contributed by atoms with Gasteiger partial charge in [-0.25, -0.2) is 9.37 Å². The summed E-state index contributed by atoms with van der Waals surface area (Å²) in [6.45, 7) is 3.91. The number of carbonyl (C=O) groups excluding carboxylic acids is 1. The van der Waals surface area contributed by atoms with Gasteiger partial charge in [-0.2, -0.15) is 0 Å². The monoisotopic (exact) mass is 435 g/mol. The number of rotatable bonds is 3. The number of amides is 1. The van der Waals surface area contributed by atoms with Gasteiger partial charge in [0.15, 0.2) is 10.7 Å². The zero-order valence-electron chi connectivity index (χ0n) is 16.7. The summed E-state index contributed by atoms with van der Waals surface area (Å²) in [7, 11) is 0. The van der Waals surface area contributed by atoms with E-state index in [0.717, 1.165) is 11.1 Å². The predicted octanol–water partition coefficient (Wildman–Crippen LogP) is 5.08. The van der Waals surface area contributed by atoms with Crippen LogP contribution in [0.25, 0.3) is 22.6 Å². The van der Waals surface area contributed by atoms with Crippen molar-refractivity contribution >= 4 is 40.0 Å². The Balaban J connectivity index is 1.55. The van der Waals surface area contributed by atoms with Gasteiger partial charge in [-0.15, -0.1) is 0 Å². The van der Waals surface area contributed by atoms with Crippen molar-refractivity contribution in [1.82, 2.24) is 10.3 Å². The maximum Gasteiger partial charge on any atom is 0.257 e. The molecule has 4 aromatic rings. The van der Waals surface area contributed by atoms with Crippen LogP contribution in [0, 0.1) is 19.7 Å². The van der Waals surface area contributed by atoms with Crippen LogP contribution in [-0.2, 0) is 0 Å². The Morgan fingerprint density at radius 1 is 1.10 bits per heavy atom. The van der Waals surface area contributed by atoms with E-state index in [4.69, 9.17) is 16.6 Å². The van der Waals surface area contributed by atoms with Gasteiger partial charge in [0, 0.05) is 11.3 Å². The average molecular weight is 435 g/mol. The second kappa shape index (κ2) is 8.16. The number of carbonyl (C=O) groups is 1. The molecule has 0 saturated heterocycles. The lowest BCUT2D eigenvalue weighted by atomic mass is 10.1. The summed E-state index contributed by atoms with van der Waals surface area (Å²) in [5.41, 5.74) is 4.54. The molecule has 1 amide bonds. The zero-order valence-corrected chi connectivity index (χ0v) is 17.5. The second-order valence-corrected chi connectivity index (χ2v) is 7.50. The van der Waals surface area contributed by atoms with Crippen molar-refractivity contribution in [2.75, 3.05) is 5.32 Å². The smallest absolute Gasteiger partial charge is 0.257 e. The third-order valence-electron chi connectivity index (χ3n) is 4.64. The molecule has 0 aliphatic rings. The minimum atomic E-state index is -0.471. The summed E-state index contributed by atoms with van der Waals surface area (Å²) in [5.74, 6) is -0.640. The molecular formula is C23H18FN3O3S. The first kappa shape index (κ1) is 20.5. The maximum absolute atomic E-state index is 13.0. The largest absolute Gasteiger partial charge is 0.507 e.